The molecule has 49 heavy (non-hydrogen) atoms. The predicted molar refractivity (Wildman–Crippen MR) is 191 cm³/mol. The molecule has 2 rings (SSSR count). The van der Waals surface area contributed by atoms with Gasteiger partial charge in [-0.05, 0) is 76.3 Å². The molecule has 1 aromatic carbocycles. The molecule has 0 spiro atoms. The van der Waals surface area contributed by atoms with Crippen molar-refractivity contribution in [3.8, 4) is 5.75 Å². The maximum atomic E-state index is 13.4. The van der Waals surface area contributed by atoms with E-state index in [9.17, 15) is 19.5 Å². The monoisotopic (exact) mass is 692 g/mol. The van der Waals surface area contributed by atoms with Gasteiger partial charge < -0.3 is 40.0 Å². The fourth-order valence-electron chi connectivity index (χ4n) is 5.72. The number of para-hydroxylation sites is 1. The van der Waals surface area contributed by atoms with Crippen molar-refractivity contribution in [1.82, 2.24) is 20.9 Å². The number of hydrogen-bond acceptors (Lipinski definition) is 9. The minimum absolute atomic E-state index is 0.0392. The second-order valence-corrected chi connectivity index (χ2v) is 14.6. The molecule has 4 N–H and O–H groups in total. The summed E-state index contributed by atoms with van der Waals surface area (Å²) < 4.78 is 22.0. The summed E-state index contributed by atoms with van der Waals surface area (Å²) in [6.45, 7) is 19.1. The van der Waals surface area contributed by atoms with Crippen LogP contribution in [0.2, 0.25) is 0 Å². The second-order valence-electron chi connectivity index (χ2n) is 14.6. The highest BCUT2D eigenvalue weighted by Crippen LogP contribution is 2.25. The van der Waals surface area contributed by atoms with Crippen molar-refractivity contribution in [2.75, 3.05) is 66.3 Å². The van der Waals surface area contributed by atoms with E-state index in [-0.39, 0.29) is 36.0 Å². The number of unbranched alkanes of at least 4 members (excludes halogenated alkanes) is 1. The standard InChI is InChI=1S/C37H64N4O8/c1-26(2)28(25-39-34(43)29-13-9-10-14-33(29)48-20-12-11-19-46-8)23-31(40-36(45)49-37(5,6)7)32(42)24-30(27(3)4)35(44)38-15-16-41-17-21-47-22-18-41/h9-10,13-14,26-28,30-32,42H,11-12,15-25H2,1-8H3,(H,38,44)(H,39,43)(H,40,45). The second kappa shape index (κ2) is 22.0. The molecule has 3 amide bonds. The van der Waals surface area contributed by atoms with E-state index in [4.69, 9.17) is 18.9 Å². The fraction of sp³-hybridized carbons (Fsp3) is 0.757. The van der Waals surface area contributed by atoms with Gasteiger partial charge in [-0.25, -0.2) is 4.79 Å². The van der Waals surface area contributed by atoms with E-state index in [2.05, 4.69) is 20.9 Å². The molecule has 4 atom stereocenters. The van der Waals surface area contributed by atoms with Gasteiger partial charge >= 0.3 is 6.09 Å². The van der Waals surface area contributed by atoms with Crippen molar-refractivity contribution < 1.29 is 38.4 Å². The number of aliphatic hydroxyl groups excluding tert-OH is 1. The summed E-state index contributed by atoms with van der Waals surface area (Å²) in [6, 6.07) is 6.43. The lowest BCUT2D eigenvalue weighted by molar-refractivity contribution is -0.127. The van der Waals surface area contributed by atoms with Crippen molar-refractivity contribution >= 4 is 17.9 Å². The van der Waals surface area contributed by atoms with Crippen molar-refractivity contribution in [1.29, 1.82) is 0 Å². The molecular formula is C37H64N4O8. The van der Waals surface area contributed by atoms with Gasteiger partial charge in [0.25, 0.3) is 5.91 Å². The zero-order valence-corrected chi connectivity index (χ0v) is 31.2. The Morgan fingerprint density at radius 1 is 0.959 bits per heavy atom. The molecular weight excluding hydrogens is 628 g/mol. The lowest BCUT2D eigenvalue weighted by Gasteiger charge is -2.33. The SMILES string of the molecule is COCCCCOc1ccccc1C(=O)NCC(CC(NC(=O)OC(C)(C)C)C(O)CC(C(=O)NCCN1CCOCC1)C(C)C)C(C)C. The Balaban J connectivity index is 2.12. The molecule has 12 heteroatoms. The lowest BCUT2D eigenvalue weighted by atomic mass is 9.82. The average molecular weight is 693 g/mol. The van der Waals surface area contributed by atoms with E-state index >= 15 is 0 Å². The highest BCUT2D eigenvalue weighted by atomic mass is 16.6. The summed E-state index contributed by atoms with van der Waals surface area (Å²) in [5, 5.41) is 20.6. The molecule has 12 nitrogen and oxygen atoms in total. The summed E-state index contributed by atoms with van der Waals surface area (Å²) in [4.78, 5) is 41.9. The van der Waals surface area contributed by atoms with Crippen LogP contribution in [0.3, 0.4) is 0 Å². The normalized spacial score (nSPS) is 16.5. The first kappa shape index (κ1) is 42.2. The molecule has 0 bridgehead atoms. The van der Waals surface area contributed by atoms with Crippen LogP contribution in [0.25, 0.3) is 0 Å². The number of nitrogens with zero attached hydrogens (tertiary/aromatic N) is 1. The smallest absolute Gasteiger partial charge is 0.407 e. The number of nitrogens with one attached hydrogen (secondary N) is 3. The highest BCUT2D eigenvalue weighted by Gasteiger charge is 2.33. The van der Waals surface area contributed by atoms with Crippen LogP contribution in [0.4, 0.5) is 4.79 Å². The van der Waals surface area contributed by atoms with E-state index in [0.29, 0.717) is 57.3 Å². The number of carbonyl (C=O) groups is 3. The molecule has 1 aromatic rings. The molecule has 1 heterocycles. The maximum Gasteiger partial charge on any atom is 0.407 e. The number of ether oxygens (including phenoxy) is 4. The van der Waals surface area contributed by atoms with Crippen LogP contribution in [-0.2, 0) is 19.0 Å². The number of aliphatic hydroxyl groups is 1. The van der Waals surface area contributed by atoms with E-state index in [1.807, 2.05) is 33.8 Å². The van der Waals surface area contributed by atoms with Gasteiger partial charge in [0, 0.05) is 52.4 Å². The summed E-state index contributed by atoms with van der Waals surface area (Å²) in [5.41, 5.74) is -0.287. The molecule has 0 aliphatic carbocycles. The van der Waals surface area contributed by atoms with Gasteiger partial charge in [0.05, 0.1) is 37.5 Å². The van der Waals surface area contributed by atoms with Crippen LogP contribution in [0, 0.1) is 23.7 Å². The molecule has 1 aliphatic heterocycles. The van der Waals surface area contributed by atoms with Gasteiger partial charge in [-0.2, -0.15) is 0 Å². The number of amides is 3. The summed E-state index contributed by atoms with van der Waals surface area (Å²) in [6.07, 6.45) is 0.516. The topological polar surface area (TPSA) is 148 Å². The minimum atomic E-state index is -1.03. The van der Waals surface area contributed by atoms with Gasteiger partial charge in [-0.1, -0.05) is 39.8 Å². The number of methoxy groups -OCH3 is 1. The third kappa shape index (κ3) is 16.6. The van der Waals surface area contributed by atoms with Crippen LogP contribution in [0.1, 0.15) is 84.5 Å². The van der Waals surface area contributed by atoms with Crippen LogP contribution >= 0.6 is 0 Å². The van der Waals surface area contributed by atoms with Gasteiger partial charge in [0.2, 0.25) is 5.91 Å². The molecule has 0 aromatic heterocycles. The first-order valence-corrected chi connectivity index (χ1v) is 18.0. The molecule has 0 radical (unpaired) electrons. The molecule has 280 valence electrons. The number of morpholine rings is 1. The van der Waals surface area contributed by atoms with Crippen LogP contribution in [-0.4, -0.2) is 112 Å². The molecule has 1 saturated heterocycles. The molecule has 1 fully saturated rings. The minimum Gasteiger partial charge on any atom is -0.493 e. The third-order valence-electron chi connectivity index (χ3n) is 8.79. The Bertz CT molecular complexity index is 1120. The van der Waals surface area contributed by atoms with E-state index in [1.54, 1.807) is 46.1 Å². The molecule has 4 unspecified atom stereocenters. The largest absolute Gasteiger partial charge is 0.493 e. The number of alkyl carbamates (subject to hydrolysis) is 1. The Kier molecular flexibility index (Phi) is 19.0. The lowest BCUT2D eigenvalue weighted by Crippen LogP contribution is -2.49. The zero-order valence-electron chi connectivity index (χ0n) is 31.2. The first-order valence-electron chi connectivity index (χ1n) is 18.0. The highest BCUT2D eigenvalue weighted by molar-refractivity contribution is 5.96. The Hall–Kier alpha value is -2.93. The number of benzene rings is 1. The van der Waals surface area contributed by atoms with Gasteiger partial charge in [0.15, 0.2) is 0 Å². The first-order chi connectivity index (χ1) is 23.2. The average Bonchev–Trinajstić information content (AvgIpc) is 3.04. The predicted octanol–water partition coefficient (Wildman–Crippen LogP) is 4.25. The van der Waals surface area contributed by atoms with E-state index < -0.39 is 29.8 Å². The van der Waals surface area contributed by atoms with Crippen LogP contribution < -0.4 is 20.7 Å². The van der Waals surface area contributed by atoms with Crippen LogP contribution in [0.5, 0.6) is 5.75 Å². The van der Waals surface area contributed by atoms with Crippen molar-refractivity contribution in [3.05, 3.63) is 29.8 Å². The fourth-order valence-corrected chi connectivity index (χ4v) is 5.72. The Morgan fingerprint density at radius 2 is 1.63 bits per heavy atom. The zero-order chi connectivity index (χ0) is 36.4. The summed E-state index contributed by atoms with van der Waals surface area (Å²) in [5.74, 6) is -0.378. The van der Waals surface area contributed by atoms with Gasteiger partial charge in [-0.3, -0.25) is 14.5 Å². The molecule has 1 aliphatic rings. The third-order valence-corrected chi connectivity index (χ3v) is 8.79. The summed E-state index contributed by atoms with van der Waals surface area (Å²) in [7, 11) is 1.66. The maximum absolute atomic E-state index is 13.4. The number of hydrogen-bond donors (Lipinski definition) is 4. The van der Waals surface area contributed by atoms with Crippen molar-refractivity contribution in [2.45, 2.75) is 91.9 Å². The van der Waals surface area contributed by atoms with Gasteiger partial charge in [0.1, 0.15) is 11.4 Å². The number of carbonyl (C=O) groups excluding carboxylic acids is 3. The van der Waals surface area contributed by atoms with E-state index in [1.165, 1.54) is 0 Å². The summed E-state index contributed by atoms with van der Waals surface area (Å²) >= 11 is 0. The molecule has 0 saturated carbocycles. The van der Waals surface area contributed by atoms with Crippen molar-refractivity contribution in [3.63, 3.8) is 0 Å². The van der Waals surface area contributed by atoms with E-state index in [0.717, 1.165) is 32.5 Å². The quantitative estimate of drug-likeness (QED) is 0.139. The number of rotatable bonds is 21. The van der Waals surface area contributed by atoms with Crippen LogP contribution in [0.15, 0.2) is 24.3 Å². The van der Waals surface area contributed by atoms with Gasteiger partial charge in [-0.15, -0.1) is 0 Å². The Morgan fingerprint density at radius 3 is 2.27 bits per heavy atom. The Labute approximate surface area is 294 Å². The van der Waals surface area contributed by atoms with Crippen molar-refractivity contribution in [2.24, 2.45) is 23.7 Å².